The highest BCUT2D eigenvalue weighted by atomic mass is 15.2. The van der Waals surface area contributed by atoms with Crippen LogP contribution < -0.4 is 31.5 Å². The van der Waals surface area contributed by atoms with Crippen molar-refractivity contribution in [2.45, 2.75) is 0 Å². The van der Waals surface area contributed by atoms with E-state index in [2.05, 4.69) is 167 Å². The molecule has 2 heterocycles. The van der Waals surface area contributed by atoms with Crippen molar-refractivity contribution in [3.63, 3.8) is 0 Å². The van der Waals surface area contributed by atoms with Crippen LogP contribution in [0.3, 0.4) is 0 Å². The van der Waals surface area contributed by atoms with E-state index in [9.17, 15) is 0 Å². The van der Waals surface area contributed by atoms with E-state index in [4.69, 9.17) is 0 Å². The van der Waals surface area contributed by atoms with Crippen LogP contribution in [0.1, 0.15) is 0 Å². The third kappa shape index (κ3) is 3.54. The first-order chi connectivity index (χ1) is 19.9. The molecule has 0 spiro atoms. The average molecular weight is 511 g/mol. The third-order valence-electron chi connectivity index (χ3n) is 7.98. The van der Waals surface area contributed by atoms with E-state index in [0.29, 0.717) is 0 Å². The molecule has 0 unspecified atom stereocenters. The Labute approximate surface area is 235 Å². The lowest BCUT2D eigenvalue weighted by molar-refractivity contribution is 1.25. The Kier molecular flexibility index (Phi) is 5.24. The maximum Gasteiger partial charge on any atom is 0.252 e. The molecule has 2 aliphatic rings. The molecule has 1 N–H and O–H groups in total. The summed E-state index contributed by atoms with van der Waals surface area (Å²) >= 11 is 0. The Balaban J connectivity index is 1.46. The summed E-state index contributed by atoms with van der Waals surface area (Å²) < 4.78 is 0. The van der Waals surface area contributed by atoms with E-state index in [1.165, 1.54) is 39.1 Å². The van der Waals surface area contributed by atoms with E-state index >= 15 is 0 Å². The fraction of sp³-hybridized carbons (Fsp3) is 0. The van der Waals surface area contributed by atoms with E-state index in [0.717, 1.165) is 22.7 Å². The van der Waals surface area contributed by atoms with Crippen LogP contribution in [0.25, 0.3) is 0 Å². The number of para-hydroxylation sites is 5. The standard InChI is InChI=1S/C36H26BN3/c1-4-14-26(15-5-1)38-27-24-34-36-35(25-27)40(29-18-8-3-9-19-29)33-23-13-11-21-31(33)37(36)30-20-10-12-22-32(30)39(34)28-16-6-2-7-17-28/h1-25,38H. The highest BCUT2D eigenvalue weighted by molar-refractivity contribution is 7.00. The third-order valence-corrected chi connectivity index (χ3v) is 7.98. The summed E-state index contributed by atoms with van der Waals surface area (Å²) in [6.07, 6.45) is 0. The first-order valence-corrected chi connectivity index (χ1v) is 13.7. The van der Waals surface area contributed by atoms with Gasteiger partial charge >= 0.3 is 0 Å². The van der Waals surface area contributed by atoms with Crippen LogP contribution in [-0.4, -0.2) is 6.71 Å². The summed E-state index contributed by atoms with van der Waals surface area (Å²) in [5, 5.41) is 3.71. The van der Waals surface area contributed by atoms with Gasteiger partial charge in [-0.15, -0.1) is 0 Å². The van der Waals surface area contributed by atoms with Crippen LogP contribution >= 0.6 is 0 Å². The van der Waals surface area contributed by atoms with Crippen molar-refractivity contribution in [3.05, 3.63) is 152 Å². The number of fused-ring (bicyclic) bond motifs is 4. The van der Waals surface area contributed by atoms with Gasteiger partial charge in [-0.2, -0.15) is 0 Å². The highest BCUT2D eigenvalue weighted by Gasteiger charge is 2.43. The van der Waals surface area contributed by atoms with Gasteiger partial charge in [-0.05, 0) is 77.1 Å². The smallest absolute Gasteiger partial charge is 0.252 e. The second-order valence-corrected chi connectivity index (χ2v) is 10.3. The number of rotatable bonds is 4. The second-order valence-electron chi connectivity index (χ2n) is 10.3. The zero-order chi connectivity index (χ0) is 26.5. The average Bonchev–Trinajstić information content (AvgIpc) is 3.02. The van der Waals surface area contributed by atoms with Crippen molar-refractivity contribution in [1.82, 2.24) is 0 Å². The zero-order valence-electron chi connectivity index (χ0n) is 21.9. The summed E-state index contributed by atoms with van der Waals surface area (Å²) in [5.74, 6) is 0. The second kappa shape index (κ2) is 9.21. The van der Waals surface area contributed by atoms with Crippen LogP contribution in [-0.2, 0) is 0 Å². The molecule has 40 heavy (non-hydrogen) atoms. The Morgan fingerprint density at radius 1 is 0.400 bits per heavy atom. The molecule has 0 radical (unpaired) electrons. The fourth-order valence-corrected chi connectivity index (χ4v) is 6.37. The number of benzene rings is 6. The Bertz CT molecular complexity index is 1730. The molecule has 0 saturated carbocycles. The van der Waals surface area contributed by atoms with Gasteiger partial charge in [-0.25, -0.2) is 0 Å². The van der Waals surface area contributed by atoms with Gasteiger partial charge in [-0.3, -0.25) is 0 Å². The molecule has 2 aliphatic heterocycles. The van der Waals surface area contributed by atoms with Crippen molar-refractivity contribution >= 4 is 68.6 Å². The quantitative estimate of drug-likeness (QED) is 0.247. The molecule has 188 valence electrons. The summed E-state index contributed by atoms with van der Waals surface area (Å²) in [5.41, 5.74) is 13.2. The summed E-state index contributed by atoms with van der Waals surface area (Å²) in [6, 6.07) is 54.3. The van der Waals surface area contributed by atoms with E-state index < -0.39 is 0 Å². The molecule has 6 aromatic rings. The number of nitrogens with zero attached hydrogens (tertiary/aromatic N) is 2. The lowest BCUT2D eigenvalue weighted by Gasteiger charge is -2.44. The molecule has 0 fully saturated rings. The van der Waals surface area contributed by atoms with Gasteiger partial charge in [-0.1, -0.05) is 91.0 Å². The van der Waals surface area contributed by atoms with Gasteiger partial charge in [0.2, 0.25) is 0 Å². The van der Waals surface area contributed by atoms with Crippen LogP contribution in [0, 0.1) is 0 Å². The molecule has 8 rings (SSSR count). The SMILES string of the molecule is c1ccc(Nc2cc3c4c(c2)N(c2ccccc2)c2ccccc2B4c2ccccc2N3c2ccccc2)cc1. The van der Waals surface area contributed by atoms with Gasteiger partial charge in [0, 0.05) is 45.5 Å². The predicted octanol–water partition coefficient (Wildman–Crippen LogP) is 7.51. The van der Waals surface area contributed by atoms with Crippen LogP contribution in [0.4, 0.5) is 45.5 Å². The van der Waals surface area contributed by atoms with Crippen molar-refractivity contribution in [2.24, 2.45) is 0 Å². The largest absolute Gasteiger partial charge is 0.355 e. The molecule has 0 saturated heterocycles. The molecule has 0 atom stereocenters. The predicted molar refractivity (Wildman–Crippen MR) is 170 cm³/mol. The minimum atomic E-state index is 0.128. The number of hydrogen-bond acceptors (Lipinski definition) is 3. The molecule has 0 aliphatic carbocycles. The van der Waals surface area contributed by atoms with Crippen LogP contribution in [0.5, 0.6) is 0 Å². The molecular formula is C36H26BN3. The molecule has 6 aromatic carbocycles. The van der Waals surface area contributed by atoms with Crippen molar-refractivity contribution < 1.29 is 0 Å². The molecule has 0 amide bonds. The van der Waals surface area contributed by atoms with Crippen LogP contribution in [0.2, 0.25) is 0 Å². The normalized spacial score (nSPS) is 12.8. The van der Waals surface area contributed by atoms with Gasteiger partial charge < -0.3 is 15.1 Å². The maximum atomic E-state index is 3.71. The molecule has 0 aromatic heterocycles. The van der Waals surface area contributed by atoms with Crippen LogP contribution in [0.15, 0.2) is 152 Å². The van der Waals surface area contributed by atoms with Gasteiger partial charge in [0.15, 0.2) is 0 Å². The molecule has 3 nitrogen and oxygen atoms in total. The Morgan fingerprint density at radius 3 is 1.32 bits per heavy atom. The Hall–Kier alpha value is -5.22. The van der Waals surface area contributed by atoms with E-state index in [-0.39, 0.29) is 6.71 Å². The van der Waals surface area contributed by atoms with Crippen molar-refractivity contribution in [3.8, 4) is 0 Å². The molecule has 0 bridgehead atoms. The number of nitrogens with one attached hydrogen (secondary N) is 1. The highest BCUT2D eigenvalue weighted by Crippen LogP contribution is 2.45. The monoisotopic (exact) mass is 511 g/mol. The molecular weight excluding hydrogens is 485 g/mol. The summed E-state index contributed by atoms with van der Waals surface area (Å²) in [4.78, 5) is 4.86. The summed E-state index contributed by atoms with van der Waals surface area (Å²) in [7, 11) is 0. The fourth-order valence-electron chi connectivity index (χ4n) is 6.37. The maximum absolute atomic E-state index is 3.71. The van der Waals surface area contributed by atoms with E-state index in [1.54, 1.807) is 0 Å². The van der Waals surface area contributed by atoms with Gasteiger partial charge in [0.05, 0.1) is 0 Å². The number of anilines is 8. The topological polar surface area (TPSA) is 18.5 Å². The minimum Gasteiger partial charge on any atom is -0.355 e. The first kappa shape index (κ1) is 22.7. The van der Waals surface area contributed by atoms with Crippen molar-refractivity contribution in [1.29, 1.82) is 0 Å². The lowest BCUT2D eigenvalue weighted by atomic mass is 9.33. The Morgan fingerprint density at radius 2 is 0.825 bits per heavy atom. The zero-order valence-corrected chi connectivity index (χ0v) is 21.9. The van der Waals surface area contributed by atoms with Crippen molar-refractivity contribution in [2.75, 3.05) is 15.1 Å². The number of hydrogen-bond donors (Lipinski definition) is 1. The lowest BCUT2D eigenvalue weighted by Crippen LogP contribution is -2.61. The first-order valence-electron chi connectivity index (χ1n) is 13.7. The minimum absolute atomic E-state index is 0.128. The molecule has 4 heteroatoms. The van der Waals surface area contributed by atoms with Gasteiger partial charge in [0.1, 0.15) is 0 Å². The van der Waals surface area contributed by atoms with E-state index in [1.807, 2.05) is 0 Å². The summed E-state index contributed by atoms with van der Waals surface area (Å²) in [6.45, 7) is 0.128. The van der Waals surface area contributed by atoms with Gasteiger partial charge in [0.25, 0.3) is 6.71 Å².